The lowest BCUT2D eigenvalue weighted by molar-refractivity contribution is -0.377. The van der Waals surface area contributed by atoms with Crippen molar-refractivity contribution in [3.8, 4) is 11.5 Å². The molecule has 2 heterocycles. The summed E-state index contributed by atoms with van der Waals surface area (Å²) in [7, 11) is 1.59. The molecule has 3 aromatic rings. The largest absolute Gasteiger partial charge is 0.870 e. The van der Waals surface area contributed by atoms with Crippen LogP contribution in [0.15, 0.2) is 42.7 Å². The van der Waals surface area contributed by atoms with Crippen LogP contribution < -0.4 is 14.5 Å². The van der Waals surface area contributed by atoms with Crippen LogP contribution in [0.25, 0.3) is 0 Å². The van der Waals surface area contributed by atoms with Gasteiger partial charge in [0.15, 0.2) is 30.2 Å². The minimum Gasteiger partial charge on any atom is -0.870 e. The SMILES string of the molecule is COc1ccc(C(Cc2c(Cl)c[nH+]cc2Cl)OC(=O)c2ccc(C=O)s2)cc1OC1CCCC1.[OH-]. The Morgan fingerprint density at radius 2 is 1.86 bits per heavy atom. The first-order valence-corrected chi connectivity index (χ1v) is 12.5. The van der Waals surface area contributed by atoms with Gasteiger partial charge in [-0.05, 0) is 55.5 Å². The zero-order chi connectivity index (χ0) is 24.1. The number of aldehydes is 1. The predicted molar refractivity (Wildman–Crippen MR) is 132 cm³/mol. The Bertz CT molecular complexity index is 1160. The molecule has 7 nitrogen and oxygen atoms in total. The van der Waals surface area contributed by atoms with Crippen LogP contribution in [0.3, 0.4) is 0 Å². The molecule has 0 amide bonds. The third kappa shape index (κ3) is 6.52. The van der Waals surface area contributed by atoms with Crippen molar-refractivity contribution in [2.24, 2.45) is 0 Å². The molecule has 10 heteroatoms. The average Bonchev–Trinajstić information content (AvgIpc) is 3.53. The van der Waals surface area contributed by atoms with Crippen LogP contribution in [0.1, 0.15) is 62.3 Å². The van der Waals surface area contributed by atoms with Crippen molar-refractivity contribution in [1.29, 1.82) is 0 Å². The van der Waals surface area contributed by atoms with Crippen LogP contribution in [0, 0.1) is 0 Å². The lowest BCUT2D eigenvalue weighted by atomic mass is 10.0. The first-order chi connectivity index (χ1) is 16.5. The van der Waals surface area contributed by atoms with Crippen molar-refractivity contribution >= 4 is 46.8 Å². The van der Waals surface area contributed by atoms with E-state index in [-0.39, 0.29) is 18.0 Å². The number of esters is 1. The number of carbonyl (C=O) groups excluding carboxylic acids is 2. The predicted octanol–water partition coefficient (Wildman–Crippen LogP) is 5.98. The van der Waals surface area contributed by atoms with E-state index in [0.717, 1.165) is 37.0 Å². The summed E-state index contributed by atoms with van der Waals surface area (Å²) in [6.45, 7) is 0. The van der Waals surface area contributed by atoms with Crippen LogP contribution in [-0.4, -0.2) is 30.9 Å². The highest BCUT2D eigenvalue weighted by molar-refractivity contribution is 7.15. The van der Waals surface area contributed by atoms with Gasteiger partial charge in [-0.25, -0.2) is 9.78 Å². The summed E-state index contributed by atoms with van der Waals surface area (Å²) in [5, 5.41) is 0.868. The van der Waals surface area contributed by atoms with Gasteiger partial charge in [-0.2, -0.15) is 0 Å². The maximum atomic E-state index is 12.9. The van der Waals surface area contributed by atoms with Gasteiger partial charge in [-0.1, -0.05) is 29.3 Å². The Kier molecular flexibility index (Phi) is 9.51. The van der Waals surface area contributed by atoms with Gasteiger partial charge in [0.25, 0.3) is 0 Å². The molecule has 1 unspecified atom stereocenters. The van der Waals surface area contributed by atoms with E-state index < -0.39 is 12.1 Å². The van der Waals surface area contributed by atoms with Crippen molar-refractivity contribution < 1.29 is 34.3 Å². The number of hydrogen-bond acceptors (Lipinski definition) is 7. The highest BCUT2D eigenvalue weighted by atomic mass is 35.5. The first kappa shape index (κ1) is 26.9. The number of aromatic nitrogens is 1. The molecule has 0 aliphatic heterocycles. The van der Waals surface area contributed by atoms with E-state index >= 15 is 0 Å². The average molecular weight is 538 g/mol. The Labute approximate surface area is 217 Å². The lowest BCUT2D eigenvalue weighted by Gasteiger charge is -2.22. The molecule has 0 saturated heterocycles. The molecule has 0 radical (unpaired) electrons. The number of pyridine rings is 1. The first-order valence-electron chi connectivity index (χ1n) is 10.9. The van der Waals surface area contributed by atoms with E-state index in [1.165, 1.54) is 0 Å². The number of methoxy groups -OCH3 is 1. The van der Waals surface area contributed by atoms with E-state index in [9.17, 15) is 9.59 Å². The number of halogens is 2. The number of hydrogen-bond donors (Lipinski definition) is 0. The Morgan fingerprint density at radius 1 is 1.14 bits per heavy atom. The van der Waals surface area contributed by atoms with Gasteiger partial charge in [-0.3, -0.25) is 4.79 Å². The molecule has 35 heavy (non-hydrogen) atoms. The molecular formula is C25H25Cl2NO6S. The van der Waals surface area contributed by atoms with Gasteiger partial charge in [0.1, 0.15) is 21.0 Å². The van der Waals surface area contributed by atoms with Crippen molar-refractivity contribution in [2.45, 2.75) is 44.3 Å². The standard InChI is InChI=1S/C25H23Cl2NO5S.H2O/c1-31-21-8-6-15(10-23(21)32-16-4-2-3-5-16)22(11-18-19(26)12-28-13-20(18)27)33-25(30)24-9-7-17(14-29)34-24;/h6-10,12-14,16,22H,2-5,11H2,1H3;1H2. The van der Waals surface area contributed by atoms with Crippen molar-refractivity contribution in [2.75, 3.05) is 7.11 Å². The maximum absolute atomic E-state index is 12.9. The fraction of sp³-hybridized carbons (Fsp3) is 0.320. The van der Waals surface area contributed by atoms with Crippen LogP contribution >= 0.6 is 34.5 Å². The highest BCUT2D eigenvalue weighted by Gasteiger charge is 2.26. The van der Waals surface area contributed by atoms with Gasteiger partial charge >= 0.3 is 5.97 Å². The number of rotatable bonds is 9. The van der Waals surface area contributed by atoms with Gasteiger partial charge < -0.3 is 19.7 Å². The fourth-order valence-electron chi connectivity index (χ4n) is 3.97. The van der Waals surface area contributed by atoms with Crippen LogP contribution in [0.5, 0.6) is 11.5 Å². The highest BCUT2D eigenvalue weighted by Crippen LogP contribution is 2.37. The van der Waals surface area contributed by atoms with Gasteiger partial charge in [0.05, 0.1) is 18.1 Å². The molecule has 1 saturated carbocycles. The smallest absolute Gasteiger partial charge is 0.348 e. The molecule has 1 aromatic carbocycles. The fourth-order valence-corrected chi connectivity index (χ4v) is 5.21. The van der Waals surface area contributed by atoms with Gasteiger partial charge in [-0.15, -0.1) is 11.3 Å². The Balaban J connectivity index is 0.00000342. The minimum absolute atomic E-state index is 0. The van der Waals surface area contributed by atoms with E-state index in [1.54, 1.807) is 37.7 Å². The van der Waals surface area contributed by atoms with Crippen molar-refractivity contribution in [3.05, 3.63) is 73.7 Å². The number of carbonyl (C=O) groups is 2. The zero-order valence-corrected chi connectivity index (χ0v) is 21.3. The number of aromatic amines is 1. The van der Waals surface area contributed by atoms with Crippen LogP contribution in [0.4, 0.5) is 0 Å². The lowest BCUT2D eigenvalue weighted by Crippen LogP contribution is -2.16. The van der Waals surface area contributed by atoms with Crippen molar-refractivity contribution in [1.82, 2.24) is 0 Å². The summed E-state index contributed by atoms with van der Waals surface area (Å²) in [6.07, 6.45) is 7.89. The molecule has 1 atom stereocenters. The molecule has 2 aromatic heterocycles. The van der Waals surface area contributed by atoms with E-state index in [1.807, 2.05) is 12.1 Å². The molecule has 1 aliphatic rings. The molecule has 4 rings (SSSR count). The normalized spacial score (nSPS) is 14.1. The molecule has 1 fully saturated rings. The summed E-state index contributed by atoms with van der Waals surface area (Å²) in [5.41, 5.74) is 1.36. The van der Waals surface area contributed by atoms with Crippen LogP contribution in [-0.2, 0) is 11.2 Å². The second-order valence-electron chi connectivity index (χ2n) is 7.98. The van der Waals surface area contributed by atoms with E-state index in [2.05, 4.69) is 4.98 Å². The quantitative estimate of drug-likeness (QED) is 0.245. The monoisotopic (exact) mass is 537 g/mol. The van der Waals surface area contributed by atoms with E-state index in [4.69, 9.17) is 37.4 Å². The number of ether oxygens (including phenoxy) is 3. The van der Waals surface area contributed by atoms with E-state index in [0.29, 0.717) is 48.7 Å². The van der Waals surface area contributed by atoms with Gasteiger partial charge in [0, 0.05) is 12.0 Å². The molecule has 0 bridgehead atoms. The van der Waals surface area contributed by atoms with Crippen LogP contribution in [0.2, 0.25) is 10.0 Å². The molecular weight excluding hydrogens is 513 g/mol. The molecule has 1 aliphatic carbocycles. The summed E-state index contributed by atoms with van der Waals surface area (Å²) < 4.78 is 17.7. The second kappa shape index (κ2) is 12.4. The summed E-state index contributed by atoms with van der Waals surface area (Å²) in [6, 6.07) is 8.65. The number of H-pyrrole nitrogens is 1. The number of nitrogens with one attached hydrogen (secondary N) is 1. The summed E-state index contributed by atoms with van der Waals surface area (Å²) >= 11 is 13.9. The minimum atomic E-state index is -0.705. The summed E-state index contributed by atoms with van der Waals surface area (Å²) in [4.78, 5) is 27.7. The topological polar surface area (TPSA) is 106 Å². The second-order valence-corrected chi connectivity index (χ2v) is 9.91. The number of benzene rings is 1. The Hall–Kier alpha value is -2.65. The molecule has 0 spiro atoms. The third-order valence-corrected chi connectivity index (χ3v) is 7.40. The molecule has 186 valence electrons. The zero-order valence-electron chi connectivity index (χ0n) is 19.0. The maximum Gasteiger partial charge on any atom is 0.348 e. The third-order valence-electron chi connectivity index (χ3n) is 5.73. The number of thiophene rings is 1. The summed E-state index contributed by atoms with van der Waals surface area (Å²) in [5.74, 6) is 0.679. The van der Waals surface area contributed by atoms with Gasteiger partial charge in [0.2, 0.25) is 0 Å². The Morgan fingerprint density at radius 3 is 2.49 bits per heavy atom. The molecule has 2 N–H and O–H groups in total. The van der Waals surface area contributed by atoms with Crippen molar-refractivity contribution in [3.63, 3.8) is 0 Å².